The predicted molar refractivity (Wildman–Crippen MR) is 105 cm³/mol. The number of esters is 1. The Morgan fingerprint density at radius 1 is 1.30 bits per heavy atom. The first-order valence-corrected chi connectivity index (χ1v) is 9.22. The van der Waals surface area contributed by atoms with E-state index in [2.05, 4.69) is 15.3 Å². The van der Waals surface area contributed by atoms with Gasteiger partial charge in [-0.2, -0.15) is 0 Å². The number of benzene rings is 1. The zero-order chi connectivity index (χ0) is 19.6. The summed E-state index contributed by atoms with van der Waals surface area (Å²) in [6.45, 7) is 4.06. The Morgan fingerprint density at radius 3 is 2.74 bits per heavy atom. The van der Waals surface area contributed by atoms with Crippen molar-refractivity contribution in [3.05, 3.63) is 56.8 Å². The third-order valence-electron chi connectivity index (χ3n) is 3.89. The molecular formula is C19H19N3O4S. The maximum atomic E-state index is 12.7. The molecule has 0 aliphatic heterocycles. The van der Waals surface area contributed by atoms with E-state index in [1.165, 1.54) is 24.5 Å². The first kappa shape index (κ1) is 18.8. The summed E-state index contributed by atoms with van der Waals surface area (Å²) in [7, 11) is 1.29. The number of amides is 1. The van der Waals surface area contributed by atoms with Crippen LogP contribution < -0.4 is 10.9 Å². The molecule has 0 saturated heterocycles. The van der Waals surface area contributed by atoms with Crippen molar-refractivity contribution in [3.8, 4) is 0 Å². The molecule has 3 aromatic rings. The number of ether oxygens (including phenoxy) is 1. The number of carbonyl (C=O) groups is 2. The molecule has 1 aromatic carbocycles. The highest BCUT2D eigenvalue weighted by atomic mass is 32.1. The quantitative estimate of drug-likeness (QED) is 0.657. The Kier molecular flexibility index (Phi) is 5.36. The predicted octanol–water partition coefficient (Wildman–Crippen LogP) is 3.22. The van der Waals surface area contributed by atoms with E-state index in [0.29, 0.717) is 28.4 Å². The lowest BCUT2D eigenvalue weighted by molar-refractivity contribution is 0.0593. The number of anilines is 1. The van der Waals surface area contributed by atoms with Crippen molar-refractivity contribution in [3.63, 3.8) is 0 Å². The number of nitrogens with one attached hydrogen (secondary N) is 2. The second-order valence-corrected chi connectivity index (χ2v) is 7.51. The van der Waals surface area contributed by atoms with Gasteiger partial charge in [0.25, 0.3) is 5.91 Å². The Balaban J connectivity index is 1.96. The van der Waals surface area contributed by atoms with Crippen LogP contribution in [-0.2, 0) is 11.2 Å². The van der Waals surface area contributed by atoms with Crippen molar-refractivity contribution in [1.29, 1.82) is 0 Å². The standard InChI is InChI=1S/C19H19N3O4S/c1-10(2)8-14-16(18(25)26-3)21-19(27-14)22-17(24)12-9-15(23)20-13-7-5-4-6-11(12)13/h4-7,9-10H,8H2,1-3H3,(H,20,23)(H,21,22,24). The van der Waals surface area contributed by atoms with E-state index in [1.54, 1.807) is 24.3 Å². The molecule has 2 N–H and O–H groups in total. The number of aromatic amines is 1. The smallest absolute Gasteiger partial charge is 0.357 e. The highest BCUT2D eigenvalue weighted by Crippen LogP contribution is 2.27. The molecule has 3 rings (SSSR count). The molecule has 0 aliphatic rings. The van der Waals surface area contributed by atoms with Crippen molar-refractivity contribution in [2.45, 2.75) is 20.3 Å². The minimum atomic E-state index is -0.538. The molecule has 0 fully saturated rings. The number of H-pyrrole nitrogens is 1. The normalized spacial score (nSPS) is 11.0. The fourth-order valence-electron chi connectivity index (χ4n) is 2.73. The van der Waals surface area contributed by atoms with Crippen molar-refractivity contribution < 1.29 is 14.3 Å². The van der Waals surface area contributed by atoms with Gasteiger partial charge in [0.15, 0.2) is 10.8 Å². The highest BCUT2D eigenvalue weighted by molar-refractivity contribution is 7.16. The van der Waals surface area contributed by atoms with Gasteiger partial charge in [-0.05, 0) is 18.4 Å². The third kappa shape index (κ3) is 4.06. The van der Waals surface area contributed by atoms with Crippen LogP contribution in [0.1, 0.15) is 39.6 Å². The topological polar surface area (TPSA) is 101 Å². The number of carbonyl (C=O) groups excluding carboxylic acids is 2. The number of fused-ring (bicyclic) bond motifs is 1. The maximum Gasteiger partial charge on any atom is 0.357 e. The van der Waals surface area contributed by atoms with Gasteiger partial charge in [0.1, 0.15) is 0 Å². The van der Waals surface area contributed by atoms with Crippen molar-refractivity contribution in [1.82, 2.24) is 9.97 Å². The van der Waals surface area contributed by atoms with Crippen LogP contribution in [0, 0.1) is 5.92 Å². The average molecular weight is 385 g/mol. The number of nitrogens with zero attached hydrogens (tertiary/aromatic N) is 1. The van der Waals surface area contributed by atoms with E-state index in [0.717, 1.165) is 4.88 Å². The van der Waals surface area contributed by atoms with E-state index >= 15 is 0 Å². The minimum Gasteiger partial charge on any atom is -0.464 e. The number of para-hydroxylation sites is 1. The van der Waals surface area contributed by atoms with Crippen molar-refractivity contribution in [2.75, 3.05) is 12.4 Å². The lowest BCUT2D eigenvalue weighted by atomic mass is 10.1. The van der Waals surface area contributed by atoms with E-state index < -0.39 is 11.9 Å². The lowest BCUT2D eigenvalue weighted by Gasteiger charge is -2.05. The molecule has 2 heterocycles. The summed E-state index contributed by atoms with van der Waals surface area (Å²) in [5, 5.41) is 3.62. The number of thiazole rings is 1. The highest BCUT2D eigenvalue weighted by Gasteiger charge is 2.21. The number of aromatic nitrogens is 2. The van der Waals surface area contributed by atoms with Gasteiger partial charge in [0, 0.05) is 21.8 Å². The minimum absolute atomic E-state index is 0.210. The van der Waals surface area contributed by atoms with Crippen molar-refractivity contribution in [2.24, 2.45) is 5.92 Å². The lowest BCUT2D eigenvalue weighted by Crippen LogP contribution is -2.17. The molecule has 0 saturated carbocycles. The number of hydrogen-bond acceptors (Lipinski definition) is 6. The molecule has 0 radical (unpaired) electrons. The monoisotopic (exact) mass is 385 g/mol. The van der Waals surface area contributed by atoms with E-state index in [4.69, 9.17) is 4.74 Å². The van der Waals surface area contributed by atoms with Gasteiger partial charge in [-0.3, -0.25) is 14.9 Å². The van der Waals surface area contributed by atoms with E-state index in [1.807, 2.05) is 13.8 Å². The van der Waals surface area contributed by atoms with E-state index in [-0.39, 0.29) is 16.8 Å². The zero-order valence-corrected chi connectivity index (χ0v) is 16.0. The Morgan fingerprint density at radius 2 is 2.04 bits per heavy atom. The molecule has 8 heteroatoms. The molecule has 0 spiro atoms. The van der Waals surface area contributed by atoms with Crippen LogP contribution in [0.3, 0.4) is 0 Å². The van der Waals surface area contributed by atoms with Crippen LogP contribution >= 0.6 is 11.3 Å². The average Bonchev–Trinajstić information content (AvgIpc) is 3.01. The van der Waals surface area contributed by atoms with E-state index in [9.17, 15) is 14.4 Å². The fourth-order valence-corrected chi connectivity index (χ4v) is 3.88. The van der Waals surface area contributed by atoms with Crippen LogP contribution in [0.5, 0.6) is 0 Å². The number of hydrogen-bond donors (Lipinski definition) is 2. The summed E-state index contributed by atoms with van der Waals surface area (Å²) in [4.78, 5) is 44.3. The van der Waals surface area contributed by atoms with Crippen LogP contribution in [-0.4, -0.2) is 29.0 Å². The van der Waals surface area contributed by atoms with Gasteiger partial charge in [0.05, 0.1) is 12.7 Å². The van der Waals surface area contributed by atoms with Crippen LogP contribution in [0.2, 0.25) is 0 Å². The Bertz CT molecular complexity index is 1070. The van der Waals surface area contributed by atoms with Crippen LogP contribution in [0.25, 0.3) is 10.9 Å². The number of methoxy groups -OCH3 is 1. The molecule has 7 nitrogen and oxygen atoms in total. The van der Waals surface area contributed by atoms with Gasteiger partial charge in [-0.15, -0.1) is 11.3 Å². The molecule has 1 amide bonds. The van der Waals surface area contributed by atoms with Gasteiger partial charge in [-0.25, -0.2) is 9.78 Å². The molecule has 0 aliphatic carbocycles. The summed E-state index contributed by atoms with van der Waals surface area (Å²) in [6.07, 6.45) is 0.645. The summed E-state index contributed by atoms with van der Waals surface area (Å²) in [5.41, 5.74) is 0.663. The van der Waals surface area contributed by atoms with Gasteiger partial charge in [0.2, 0.25) is 5.56 Å². The molecule has 27 heavy (non-hydrogen) atoms. The second kappa shape index (κ2) is 7.71. The van der Waals surface area contributed by atoms with Gasteiger partial charge >= 0.3 is 5.97 Å². The number of rotatable bonds is 5. The largest absolute Gasteiger partial charge is 0.464 e. The third-order valence-corrected chi connectivity index (χ3v) is 4.88. The molecule has 0 unspecified atom stereocenters. The first-order chi connectivity index (χ1) is 12.9. The molecule has 2 aromatic heterocycles. The summed E-state index contributed by atoms with van der Waals surface area (Å²) in [6, 6.07) is 8.30. The van der Waals surface area contributed by atoms with Crippen LogP contribution in [0.15, 0.2) is 35.1 Å². The first-order valence-electron chi connectivity index (χ1n) is 8.40. The fraction of sp³-hybridized carbons (Fsp3) is 0.263. The molecule has 0 bridgehead atoms. The SMILES string of the molecule is COC(=O)c1nc(NC(=O)c2cc(=O)[nH]c3ccccc23)sc1CC(C)C. The zero-order valence-electron chi connectivity index (χ0n) is 15.2. The molecule has 140 valence electrons. The van der Waals surface area contributed by atoms with Crippen molar-refractivity contribution >= 4 is 39.2 Å². The summed E-state index contributed by atoms with van der Waals surface area (Å²) < 4.78 is 4.78. The Labute approximate surface area is 159 Å². The molecular weight excluding hydrogens is 366 g/mol. The van der Waals surface area contributed by atoms with Crippen LogP contribution in [0.4, 0.5) is 5.13 Å². The summed E-state index contributed by atoms with van der Waals surface area (Å²) >= 11 is 1.23. The van der Waals surface area contributed by atoms with Gasteiger partial charge in [-0.1, -0.05) is 32.0 Å². The summed E-state index contributed by atoms with van der Waals surface area (Å²) in [5.74, 6) is -0.684. The van der Waals surface area contributed by atoms with Gasteiger partial charge < -0.3 is 9.72 Å². The number of pyridine rings is 1. The second-order valence-electron chi connectivity index (χ2n) is 6.43. The molecule has 0 atom stereocenters. The maximum absolute atomic E-state index is 12.7. The Hall–Kier alpha value is -3.00.